The Morgan fingerprint density at radius 3 is 1.27 bits per heavy atom. The monoisotopic (exact) mass is 158 g/mol. The van der Waals surface area contributed by atoms with E-state index in [0.717, 1.165) is 13.8 Å². The molecule has 0 heterocycles. The van der Waals surface area contributed by atoms with E-state index in [2.05, 4.69) is 0 Å². The Kier molecular flexibility index (Phi) is 7.94. The molecule has 0 aliphatic rings. The molecule has 4 N–H and O–H groups in total. The summed E-state index contributed by atoms with van der Waals surface area (Å²) in [5.74, 6) is -2.65. The topological polar surface area (TPSA) is 106 Å². The van der Waals surface area contributed by atoms with Gasteiger partial charge in [-0.1, -0.05) is 0 Å². The Balaban J connectivity index is -0.000000320. The number of hydrogen-bond acceptors (Lipinski definition) is 2. The number of carbonyl (C=O) groups is 2. The summed E-state index contributed by atoms with van der Waals surface area (Å²) in [6.45, 7) is 2.27. The molecule has 0 aliphatic carbocycles. The van der Waals surface area contributed by atoms with Gasteiger partial charge in [0, 0.05) is 0 Å². The molecule has 0 aromatic carbocycles. The third kappa shape index (κ3) is 4.04. The van der Waals surface area contributed by atoms with Crippen molar-refractivity contribution >= 4 is 30.8 Å². The van der Waals surface area contributed by atoms with E-state index in [0.29, 0.717) is 0 Å². The summed E-state index contributed by atoms with van der Waals surface area (Å²) in [6, 6.07) is 0. The fourth-order valence-electron chi connectivity index (χ4n) is 0.0915. The molecule has 11 heavy (non-hydrogen) atoms. The van der Waals surface area contributed by atoms with E-state index in [1.807, 2.05) is 0 Å². The van der Waals surface area contributed by atoms with E-state index in [-0.39, 0.29) is 24.3 Å². The molecule has 0 saturated heterocycles. The van der Waals surface area contributed by atoms with Gasteiger partial charge < -0.3 is 15.7 Å². The van der Waals surface area contributed by atoms with Crippen molar-refractivity contribution in [3.63, 3.8) is 0 Å². The summed E-state index contributed by atoms with van der Waals surface area (Å²) in [7, 11) is 0. The van der Waals surface area contributed by atoms with Gasteiger partial charge >= 0.3 is 30.8 Å². The minimum absolute atomic E-state index is 0. The molecule has 0 rings (SSSR count). The van der Waals surface area contributed by atoms with Crippen LogP contribution in [0, 0.1) is 5.41 Å². The Bertz CT molecular complexity index is 137. The first-order valence-electron chi connectivity index (χ1n) is 2.36. The first-order valence-corrected chi connectivity index (χ1v) is 2.36. The van der Waals surface area contributed by atoms with Crippen LogP contribution in [0.15, 0.2) is 0 Å². The fraction of sp³-hybridized carbons (Fsp3) is 0.600. The van der Waals surface area contributed by atoms with Gasteiger partial charge in [-0.25, -0.2) is 0 Å². The van der Waals surface area contributed by atoms with E-state index in [1.54, 1.807) is 0 Å². The molecule has 0 saturated carbocycles. The molecule has 0 aliphatic heterocycles. The summed E-state index contributed by atoms with van der Waals surface area (Å²) in [5.41, 5.74) is -1.67. The molecular weight excluding hydrogens is 147 g/mol. The predicted octanol–water partition coefficient (Wildman–Crippen LogP) is -1.29. The molecule has 6 heteroatoms. The Hall–Kier alpha value is -0.503. The number of carboxylic acids is 2. The molecule has 0 atom stereocenters. The number of aliphatic carboxylic acids is 2. The van der Waals surface area contributed by atoms with E-state index in [9.17, 15) is 9.59 Å². The van der Waals surface area contributed by atoms with Crippen LogP contribution in [0.4, 0.5) is 0 Å². The average Bonchev–Trinajstić information content (AvgIpc) is 1.65. The Morgan fingerprint density at radius 2 is 1.27 bits per heavy atom. The zero-order valence-corrected chi connectivity index (χ0v) is 5.71. The van der Waals surface area contributed by atoms with Gasteiger partial charge in [0.05, 0.1) is 0 Å². The van der Waals surface area contributed by atoms with Gasteiger partial charge in [-0.2, -0.15) is 0 Å². The predicted molar refractivity (Wildman–Crippen MR) is 39.8 cm³/mol. The Morgan fingerprint density at radius 1 is 1.09 bits per heavy atom. The van der Waals surface area contributed by atoms with Crippen molar-refractivity contribution in [1.82, 2.24) is 0 Å². The fourth-order valence-corrected chi connectivity index (χ4v) is 0.0915. The van der Waals surface area contributed by atoms with Gasteiger partial charge in [0.2, 0.25) is 0 Å². The van der Waals surface area contributed by atoms with Gasteiger partial charge in [0.1, 0.15) is 0 Å². The third-order valence-corrected chi connectivity index (χ3v) is 1.07. The maximum atomic E-state index is 10.1. The van der Waals surface area contributed by atoms with Crippen LogP contribution in [0.1, 0.15) is 13.8 Å². The zero-order valence-electron chi connectivity index (χ0n) is 5.71. The van der Waals surface area contributed by atoms with Crippen LogP contribution < -0.4 is 0 Å². The van der Waals surface area contributed by atoms with Gasteiger partial charge in [-0.15, -0.1) is 0 Å². The molecule has 0 aromatic rings. The molecule has 0 aromatic heterocycles. The SMILES string of the molecule is CC(C)(C(=O)O)C(=O)O.O.[LiH]. The van der Waals surface area contributed by atoms with Gasteiger partial charge in [0.25, 0.3) is 0 Å². The molecule has 0 bridgehead atoms. The van der Waals surface area contributed by atoms with E-state index in [1.165, 1.54) is 0 Å². The van der Waals surface area contributed by atoms with Gasteiger partial charge in [0.15, 0.2) is 5.41 Å². The second-order valence-electron chi connectivity index (χ2n) is 2.24. The number of carboxylic acid groups (broad SMARTS) is 2. The summed E-state index contributed by atoms with van der Waals surface area (Å²) in [6.07, 6.45) is 0. The van der Waals surface area contributed by atoms with Crippen molar-refractivity contribution in [1.29, 1.82) is 0 Å². The van der Waals surface area contributed by atoms with Crippen molar-refractivity contribution in [2.75, 3.05) is 0 Å². The molecule has 0 radical (unpaired) electrons. The molecule has 0 amide bonds. The molecule has 0 fully saturated rings. The van der Waals surface area contributed by atoms with Crippen LogP contribution in [0.25, 0.3) is 0 Å². The number of rotatable bonds is 2. The Labute approximate surface area is 75.9 Å². The van der Waals surface area contributed by atoms with Gasteiger partial charge in [-0.05, 0) is 13.8 Å². The summed E-state index contributed by atoms with van der Waals surface area (Å²) in [5, 5.41) is 16.5. The van der Waals surface area contributed by atoms with Crippen LogP contribution >= 0.6 is 0 Å². The van der Waals surface area contributed by atoms with Gasteiger partial charge in [-0.3, -0.25) is 9.59 Å². The molecular formula is C5H11LiO5. The van der Waals surface area contributed by atoms with Crippen molar-refractivity contribution in [3.8, 4) is 0 Å². The average molecular weight is 158 g/mol. The zero-order chi connectivity index (χ0) is 7.65. The van der Waals surface area contributed by atoms with E-state index < -0.39 is 17.4 Å². The number of hydrogen-bond donors (Lipinski definition) is 2. The van der Waals surface area contributed by atoms with Crippen molar-refractivity contribution in [2.24, 2.45) is 5.41 Å². The maximum absolute atomic E-state index is 10.1. The second-order valence-corrected chi connectivity index (χ2v) is 2.24. The van der Waals surface area contributed by atoms with Crippen LogP contribution in [0.2, 0.25) is 0 Å². The second kappa shape index (κ2) is 5.19. The van der Waals surface area contributed by atoms with E-state index in [4.69, 9.17) is 10.2 Å². The molecule has 5 nitrogen and oxygen atoms in total. The van der Waals surface area contributed by atoms with Crippen molar-refractivity contribution in [2.45, 2.75) is 13.8 Å². The minimum atomic E-state index is -1.67. The van der Waals surface area contributed by atoms with E-state index >= 15 is 0 Å². The van der Waals surface area contributed by atoms with Crippen LogP contribution in [-0.4, -0.2) is 46.5 Å². The molecule has 0 spiro atoms. The van der Waals surface area contributed by atoms with Crippen molar-refractivity contribution < 1.29 is 25.3 Å². The summed E-state index contributed by atoms with van der Waals surface area (Å²) in [4.78, 5) is 20.2. The standard InChI is InChI=1S/C5H8O4.Li.H2O.H/c1-5(2,3(6)7)4(8)9;;;/h1-2H3,(H,6,7)(H,8,9);;1H2;. The first kappa shape index (κ1) is 16.8. The molecule has 62 valence electrons. The third-order valence-electron chi connectivity index (χ3n) is 1.07. The quantitative estimate of drug-likeness (QED) is 0.385. The molecule has 0 unspecified atom stereocenters. The van der Waals surface area contributed by atoms with Crippen LogP contribution in [0.5, 0.6) is 0 Å². The van der Waals surface area contributed by atoms with Crippen molar-refractivity contribution in [3.05, 3.63) is 0 Å². The normalized spacial score (nSPS) is 8.91. The summed E-state index contributed by atoms with van der Waals surface area (Å²) >= 11 is 0. The van der Waals surface area contributed by atoms with Crippen LogP contribution in [-0.2, 0) is 9.59 Å². The summed E-state index contributed by atoms with van der Waals surface area (Å²) < 4.78 is 0. The van der Waals surface area contributed by atoms with Crippen LogP contribution in [0.3, 0.4) is 0 Å². The first-order chi connectivity index (χ1) is 3.89.